The van der Waals surface area contributed by atoms with E-state index in [0.29, 0.717) is 6.42 Å². The zero-order chi connectivity index (χ0) is 8.69. The van der Waals surface area contributed by atoms with Gasteiger partial charge in [0, 0.05) is 25.2 Å². The van der Waals surface area contributed by atoms with Crippen LogP contribution in [-0.4, -0.2) is 34.5 Å². The van der Waals surface area contributed by atoms with Crippen molar-refractivity contribution >= 4 is 5.97 Å². The third-order valence-electron chi connectivity index (χ3n) is 1.18. The van der Waals surface area contributed by atoms with Crippen LogP contribution in [0, 0.1) is 0 Å². The summed E-state index contributed by atoms with van der Waals surface area (Å²) in [6.07, 6.45) is 1.87. The van der Waals surface area contributed by atoms with E-state index in [0.717, 1.165) is 0 Å². The lowest BCUT2D eigenvalue weighted by Gasteiger charge is -1.97. The largest absolute Gasteiger partial charge is 0.478 e. The lowest BCUT2D eigenvalue weighted by atomic mass is 10.1. The maximum absolute atomic E-state index is 10.3. The summed E-state index contributed by atoms with van der Waals surface area (Å²) in [5.41, 5.74) is 0.154. The van der Waals surface area contributed by atoms with Crippen LogP contribution in [-0.2, 0) is 4.79 Å². The number of hydrogen-bond acceptors (Lipinski definition) is 3. The SMILES string of the molecule is O=C(O)C(=CCCO)CCO. The predicted octanol–water partition coefficient (Wildman–Crippen LogP) is -0.238. The van der Waals surface area contributed by atoms with Crippen LogP contribution in [0.2, 0.25) is 0 Å². The molecule has 0 aliphatic carbocycles. The van der Waals surface area contributed by atoms with E-state index >= 15 is 0 Å². The second-order valence-corrected chi connectivity index (χ2v) is 2.02. The van der Waals surface area contributed by atoms with Gasteiger partial charge in [-0.1, -0.05) is 6.08 Å². The van der Waals surface area contributed by atoms with Crippen molar-refractivity contribution in [3.63, 3.8) is 0 Å². The first-order valence-corrected chi connectivity index (χ1v) is 3.36. The molecule has 0 fully saturated rings. The summed E-state index contributed by atoms with van der Waals surface area (Å²) in [4.78, 5) is 10.3. The molecule has 0 saturated heterocycles. The molecule has 3 N–H and O–H groups in total. The number of carbonyl (C=O) groups is 1. The predicted molar refractivity (Wildman–Crippen MR) is 39.1 cm³/mol. The molecule has 0 unspecified atom stereocenters. The summed E-state index contributed by atoms with van der Waals surface area (Å²) >= 11 is 0. The molecule has 0 saturated carbocycles. The van der Waals surface area contributed by atoms with Crippen LogP contribution >= 0.6 is 0 Å². The quantitative estimate of drug-likeness (QED) is 0.485. The minimum Gasteiger partial charge on any atom is -0.478 e. The monoisotopic (exact) mass is 160 g/mol. The first kappa shape index (κ1) is 10.1. The van der Waals surface area contributed by atoms with Crippen LogP contribution in [0.1, 0.15) is 12.8 Å². The van der Waals surface area contributed by atoms with Crippen LogP contribution in [0.15, 0.2) is 11.6 Å². The molecule has 0 aromatic rings. The number of aliphatic hydroxyl groups is 2. The number of aliphatic carboxylic acids is 1. The highest BCUT2D eigenvalue weighted by molar-refractivity contribution is 5.86. The van der Waals surface area contributed by atoms with E-state index in [-0.39, 0.29) is 25.2 Å². The summed E-state index contributed by atoms with van der Waals surface area (Å²) < 4.78 is 0. The van der Waals surface area contributed by atoms with E-state index in [1.54, 1.807) is 0 Å². The molecule has 0 amide bonds. The zero-order valence-corrected chi connectivity index (χ0v) is 6.16. The molecule has 0 aromatic heterocycles. The summed E-state index contributed by atoms with van der Waals surface area (Å²) in [5.74, 6) is -1.03. The van der Waals surface area contributed by atoms with Crippen molar-refractivity contribution in [1.82, 2.24) is 0 Å². The minimum atomic E-state index is -1.03. The normalized spacial score (nSPS) is 11.6. The van der Waals surface area contributed by atoms with Gasteiger partial charge in [-0.05, 0) is 6.42 Å². The van der Waals surface area contributed by atoms with Gasteiger partial charge in [0.05, 0.1) is 0 Å². The molecule has 0 aromatic carbocycles. The molecule has 4 heteroatoms. The molecule has 0 spiro atoms. The van der Waals surface area contributed by atoms with Crippen molar-refractivity contribution in [3.05, 3.63) is 11.6 Å². The maximum atomic E-state index is 10.3. The fraction of sp³-hybridized carbons (Fsp3) is 0.571. The van der Waals surface area contributed by atoms with Gasteiger partial charge in [0.2, 0.25) is 0 Å². The van der Waals surface area contributed by atoms with Gasteiger partial charge in [-0.25, -0.2) is 4.79 Å². The highest BCUT2D eigenvalue weighted by Crippen LogP contribution is 2.01. The van der Waals surface area contributed by atoms with Gasteiger partial charge in [-0.3, -0.25) is 0 Å². The maximum Gasteiger partial charge on any atom is 0.331 e. The highest BCUT2D eigenvalue weighted by Gasteiger charge is 2.04. The van der Waals surface area contributed by atoms with Gasteiger partial charge in [0.1, 0.15) is 0 Å². The van der Waals surface area contributed by atoms with Crippen LogP contribution in [0.25, 0.3) is 0 Å². The van der Waals surface area contributed by atoms with Crippen LogP contribution in [0.5, 0.6) is 0 Å². The number of rotatable bonds is 5. The Morgan fingerprint density at radius 3 is 2.27 bits per heavy atom. The second kappa shape index (κ2) is 5.88. The third kappa shape index (κ3) is 4.52. The molecule has 0 aliphatic rings. The Balaban J connectivity index is 3.97. The zero-order valence-electron chi connectivity index (χ0n) is 6.16. The van der Waals surface area contributed by atoms with Crippen LogP contribution in [0.3, 0.4) is 0 Å². The van der Waals surface area contributed by atoms with Crippen molar-refractivity contribution in [2.75, 3.05) is 13.2 Å². The second-order valence-electron chi connectivity index (χ2n) is 2.02. The van der Waals surface area contributed by atoms with Gasteiger partial charge >= 0.3 is 5.97 Å². The summed E-state index contributed by atoms with van der Waals surface area (Å²) in [6, 6.07) is 0. The van der Waals surface area contributed by atoms with Gasteiger partial charge in [-0.2, -0.15) is 0 Å². The molecular weight excluding hydrogens is 148 g/mol. The van der Waals surface area contributed by atoms with Crippen molar-refractivity contribution in [2.24, 2.45) is 0 Å². The van der Waals surface area contributed by atoms with E-state index in [1.165, 1.54) is 6.08 Å². The smallest absolute Gasteiger partial charge is 0.331 e. The van der Waals surface area contributed by atoms with Gasteiger partial charge in [-0.15, -0.1) is 0 Å². The lowest BCUT2D eigenvalue weighted by molar-refractivity contribution is -0.132. The van der Waals surface area contributed by atoms with E-state index in [1.807, 2.05) is 0 Å². The first-order chi connectivity index (χ1) is 5.22. The van der Waals surface area contributed by atoms with E-state index in [2.05, 4.69) is 0 Å². The molecule has 0 bridgehead atoms. The van der Waals surface area contributed by atoms with E-state index in [4.69, 9.17) is 15.3 Å². The molecule has 0 atom stereocenters. The molecule has 0 rings (SSSR count). The number of hydrogen-bond donors (Lipinski definition) is 3. The summed E-state index contributed by atoms with van der Waals surface area (Å²) in [5, 5.41) is 25.3. The Morgan fingerprint density at radius 2 is 1.91 bits per heavy atom. The lowest BCUT2D eigenvalue weighted by Crippen LogP contribution is -2.02. The van der Waals surface area contributed by atoms with Crippen molar-refractivity contribution < 1.29 is 20.1 Å². The molecule has 0 aliphatic heterocycles. The topological polar surface area (TPSA) is 77.8 Å². The molecule has 0 heterocycles. The Bertz CT molecular complexity index is 151. The minimum absolute atomic E-state index is 0.0673. The van der Waals surface area contributed by atoms with Crippen molar-refractivity contribution in [3.8, 4) is 0 Å². The third-order valence-corrected chi connectivity index (χ3v) is 1.18. The molecule has 11 heavy (non-hydrogen) atoms. The Kier molecular flexibility index (Phi) is 5.42. The van der Waals surface area contributed by atoms with Gasteiger partial charge < -0.3 is 15.3 Å². The van der Waals surface area contributed by atoms with Gasteiger partial charge in [0.15, 0.2) is 0 Å². The highest BCUT2D eigenvalue weighted by atomic mass is 16.4. The van der Waals surface area contributed by atoms with Gasteiger partial charge in [0.25, 0.3) is 0 Å². The Labute approximate surface area is 64.8 Å². The first-order valence-electron chi connectivity index (χ1n) is 3.36. The number of carboxylic acid groups (broad SMARTS) is 1. The van der Waals surface area contributed by atoms with Crippen LogP contribution in [0.4, 0.5) is 0 Å². The van der Waals surface area contributed by atoms with E-state index in [9.17, 15) is 4.79 Å². The number of carboxylic acids is 1. The Morgan fingerprint density at radius 1 is 1.27 bits per heavy atom. The molecule has 4 nitrogen and oxygen atoms in total. The molecule has 0 radical (unpaired) electrons. The average Bonchev–Trinajstić information content (AvgIpc) is 1.97. The standard InChI is InChI=1S/C7H12O4/c8-4-1-2-6(3-5-9)7(10)11/h2,8-9H,1,3-5H2,(H,10,11). The van der Waals surface area contributed by atoms with Crippen LogP contribution < -0.4 is 0 Å². The Hall–Kier alpha value is -0.870. The summed E-state index contributed by atoms with van der Waals surface area (Å²) in [6.45, 7) is -0.244. The van der Waals surface area contributed by atoms with E-state index < -0.39 is 5.97 Å². The summed E-state index contributed by atoms with van der Waals surface area (Å²) in [7, 11) is 0. The van der Waals surface area contributed by atoms with Crippen molar-refractivity contribution in [1.29, 1.82) is 0 Å². The average molecular weight is 160 g/mol. The molecule has 64 valence electrons. The van der Waals surface area contributed by atoms with Crippen molar-refractivity contribution in [2.45, 2.75) is 12.8 Å². The molecular formula is C7H12O4. The fourth-order valence-corrected chi connectivity index (χ4v) is 0.656. The fourth-order valence-electron chi connectivity index (χ4n) is 0.656. The number of aliphatic hydroxyl groups excluding tert-OH is 2.